The summed E-state index contributed by atoms with van der Waals surface area (Å²) in [5.41, 5.74) is 1.52. The van der Waals surface area contributed by atoms with Crippen LogP contribution in [-0.2, 0) is 9.47 Å². The molecular formula is C13H16BrNO3. The molecule has 1 atom stereocenters. The van der Waals surface area contributed by atoms with E-state index in [0.29, 0.717) is 18.2 Å². The van der Waals surface area contributed by atoms with Crippen LogP contribution in [0.2, 0.25) is 0 Å². The summed E-state index contributed by atoms with van der Waals surface area (Å²) in [6.45, 7) is 3.71. The Kier molecular flexibility index (Phi) is 4.60. The number of hydrogen-bond donors (Lipinski definition) is 1. The average Bonchev–Trinajstić information content (AvgIpc) is 2.85. The fourth-order valence-electron chi connectivity index (χ4n) is 1.84. The van der Waals surface area contributed by atoms with E-state index in [1.54, 1.807) is 19.1 Å². The predicted molar refractivity (Wildman–Crippen MR) is 72.9 cm³/mol. The van der Waals surface area contributed by atoms with Gasteiger partial charge in [-0.25, -0.2) is 4.79 Å². The molecule has 1 aromatic rings. The first-order valence-corrected chi connectivity index (χ1v) is 6.81. The molecule has 1 heterocycles. The molecule has 0 bridgehead atoms. The summed E-state index contributed by atoms with van der Waals surface area (Å²) in [6, 6.07) is 5.76. The van der Waals surface area contributed by atoms with E-state index in [0.717, 1.165) is 29.8 Å². The Morgan fingerprint density at radius 1 is 1.61 bits per heavy atom. The summed E-state index contributed by atoms with van der Waals surface area (Å²) in [6.07, 6.45) is 1.01. The summed E-state index contributed by atoms with van der Waals surface area (Å²) in [7, 11) is 0. The van der Waals surface area contributed by atoms with Gasteiger partial charge in [0.15, 0.2) is 0 Å². The lowest BCUT2D eigenvalue weighted by atomic mass is 10.2. The maximum absolute atomic E-state index is 11.6. The minimum Gasteiger partial charge on any atom is -0.462 e. The first kappa shape index (κ1) is 13.4. The highest BCUT2D eigenvalue weighted by molar-refractivity contribution is 9.10. The summed E-state index contributed by atoms with van der Waals surface area (Å²) in [4.78, 5) is 11.6. The molecule has 0 spiro atoms. The minimum absolute atomic E-state index is 0.297. The van der Waals surface area contributed by atoms with E-state index in [-0.39, 0.29) is 5.97 Å². The first-order valence-electron chi connectivity index (χ1n) is 6.01. The van der Waals surface area contributed by atoms with Crippen LogP contribution >= 0.6 is 15.9 Å². The van der Waals surface area contributed by atoms with Crippen LogP contribution < -0.4 is 5.32 Å². The predicted octanol–water partition coefficient (Wildman–Crippen LogP) is 2.83. The van der Waals surface area contributed by atoms with Gasteiger partial charge in [0.05, 0.1) is 24.8 Å². The second-order valence-corrected chi connectivity index (χ2v) is 4.97. The number of carbonyl (C=O) groups is 1. The Balaban J connectivity index is 2.06. The van der Waals surface area contributed by atoms with E-state index in [1.807, 2.05) is 6.07 Å². The quantitative estimate of drug-likeness (QED) is 0.868. The number of hydrogen-bond acceptors (Lipinski definition) is 4. The molecule has 1 saturated heterocycles. The fraction of sp³-hybridized carbons (Fsp3) is 0.462. The van der Waals surface area contributed by atoms with Crippen molar-refractivity contribution >= 4 is 27.6 Å². The monoisotopic (exact) mass is 313 g/mol. The molecule has 0 saturated carbocycles. The molecule has 2 rings (SSSR count). The molecule has 1 aliphatic heterocycles. The first-order chi connectivity index (χ1) is 8.70. The Hall–Kier alpha value is -1.07. The van der Waals surface area contributed by atoms with Gasteiger partial charge in [-0.3, -0.25) is 0 Å². The molecule has 0 amide bonds. The van der Waals surface area contributed by atoms with E-state index >= 15 is 0 Å². The van der Waals surface area contributed by atoms with Crippen molar-refractivity contribution < 1.29 is 14.3 Å². The van der Waals surface area contributed by atoms with Gasteiger partial charge in [-0.1, -0.05) is 0 Å². The fourth-order valence-corrected chi connectivity index (χ4v) is 2.34. The molecule has 0 aromatic heterocycles. The van der Waals surface area contributed by atoms with Gasteiger partial charge in [-0.2, -0.15) is 0 Å². The lowest BCUT2D eigenvalue weighted by Gasteiger charge is -2.14. The van der Waals surface area contributed by atoms with Gasteiger partial charge in [-0.15, -0.1) is 0 Å². The van der Waals surface area contributed by atoms with Crippen molar-refractivity contribution in [1.82, 2.24) is 0 Å². The summed E-state index contributed by atoms with van der Waals surface area (Å²) in [5.74, 6) is -0.297. The van der Waals surface area contributed by atoms with Crippen molar-refractivity contribution in [3.63, 3.8) is 0 Å². The number of rotatable bonds is 4. The molecule has 1 fully saturated rings. The number of carbonyl (C=O) groups excluding carboxylic acids is 1. The molecule has 1 aromatic carbocycles. The standard InChI is InChI=1S/C13H16BrNO3/c1-2-18-13(16)9-3-4-12(11(14)7-9)15-10-5-6-17-8-10/h3-4,7,10,15H,2,5-6,8H2,1H3. The molecule has 0 aliphatic carbocycles. The highest BCUT2D eigenvalue weighted by Gasteiger charge is 2.17. The number of nitrogens with one attached hydrogen (secondary N) is 1. The van der Waals surface area contributed by atoms with Crippen molar-refractivity contribution in [2.24, 2.45) is 0 Å². The zero-order valence-electron chi connectivity index (χ0n) is 10.2. The Labute approximate surface area is 115 Å². The van der Waals surface area contributed by atoms with Gasteiger partial charge < -0.3 is 14.8 Å². The van der Waals surface area contributed by atoms with Crippen LogP contribution in [0, 0.1) is 0 Å². The van der Waals surface area contributed by atoms with Crippen molar-refractivity contribution in [2.75, 3.05) is 25.1 Å². The van der Waals surface area contributed by atoms with Gasteiger partial charge in [0.2, 0.25) is 0 Å². The third-order valence-electron chi connectivity index (χ3n) is 2.77. The Bertz CT molecular complexity index is 430. The molecule has 18 heavy (non-hydrogen) atoms. The number of ether oxygens (including phenoxy) is 2. The number of benzene rings is 1. The van der Waals surface area contributed by atoms with Gasteiger partial charge in [0.25, 0.3) is 0 Å². The third kappa shape index (κ3) is 3.23. The van der Waals surface area contributed by atoms with Gasteiger partial charge in [0.1, 0.15) is 0 Å². The van der Waals surface area contributed by atoms with Crippen molar-refractivity contribution in [1.29, 1.82) is 0 Å². The second-order valence-electron chi connectivity index (χ2n) is 4.12. The van der Waals surface area contributed by atoms with Crippen LogP contribution in [0.1, 0.15) is 23.7 Å². The molecule has 1 unspecified atom stereocenters. The molecule has 98 valence electrons. The highest BCUT2D eigenvalue weighted by atomic mass is 79.9. The maximum atomic E-state index is 11.6. The number of anilines is 1. The van der Waals surface area contributed by atoms with E-state index in [9.17, 15) is 4.79 Å². The Morgan fingerprint density at radius 2 is 2.44 bits per heavy atom. The minimum atomic E-state index is -0.297. The highest BCUT2D eigenvalue weighted by Crippen LogP contribution is 2.26. The molecule has 0 radical (unpaired) electrons. The van der Waals surface area contributed by atoms with Crippen LogP contribution in [0.4, 0.5) is 5.69 Å². The second kappa shape index (κ2) is 6.20. The SMILES string of the molecule is CCOC(=O)c1ccc(NC2CCOC2)c(Br)c1. The largest absolute Gasteiger partial charge is 0.462 e. The third-order valence-corrected chi connectivity index (χ3v) is 3.43. The van der Waals surface area contributed by atoms with Gasteiger partial charge in [0, 0.05) is 16.8 Å². The molecule has 5 heteroatoms. The van der Waals surface area contributed by atoms with Crippen LogP contribution in [0.25, 0.3) is 0 Å². The van der Waals surface area contributed by atoms with E-state index in [1.165, 1.54) is 0 Å². The summed E-state index contributed by atoms with van der Waals surface area (Å²) >= 11 is 3.46. The topological polar surface area (TPSA) is 47.6 Å². The lowest BCUT2D eigenvalue weighted by Crippen LogP contribution is -2.19. The molecule has 4 nitrogen and oxygen atoms in total. The number of halogens is 1. The van der Waals surface area contributed by atoms with Gasteiger partial charge >= 0.3 is 5.97 Å². The number of esters is 1. The Morgan fingerprint density at radius 3 is 3.06 bits per heavy atom. The average molecular weight is 314 g/mol. The maximum Gasteiger partial charge on any atom is 0.338 e. The van der Waals surface area contributed by atoms with Gasteiger partial charge in [-0.05, 0) is 47.5 Å². The van der Waals surface area contributed by atoms with Crippen LogP contribution in [-0.4, -0.2) is 31.8 Å². The summed E-state index contributed by atoms with van der Waals surface area (Å²) < 4.78 is 11.1. The van der Waals surface area contributed by atoms with Crippen molar-refractivity contribution in [2.45, 2.75) is 19.4 Å². The molecule has 1 aliphatic rings. The lowest BCUT2D eigenvalue weighted by molar-refractivity contribution is 0.0526. The van der Waals surface area contributed by atoms with E-state index < -0.39 is 0 Å². The van der Waals surface area contributed by atoms with Crippen LogP contribution in [0.3, 0.4) is 0 Å². The van der Waals surface area contributed by atoms with Crippen LogP contribution in [0.5, 0.6) is 0 Å². The zero-order chi connectivity index (χ0) is 13.0. The smallest absolute Gasteiger partial charge is 0.338 e. The summed E-state index contributed by atoms with van der Waals surface area (Å²) in [5, 5.41) is 3.38. The zero-order valence-corrected chi connectivity index (χ0v) is 11.8. The van der Waals surface area contributed by atoms with E-state index in [2.05, 4.69) is 21.2 Å². The van der Waals surface area contributed by atoms with Crippen molar-refractivity contribution in [3.05, 3.63) is 28.2 Å². The van der Waals surface area contributed by atoms with Crippen LogP contribution in [0.15, 0.2) is 22.7 Å². The van der Waals surface area contributed by atoms with E-state index in [4.69, 9.17) is 9.47 Å². The molecule has 1 N–H and O–H groups in total. The molecular weight excluding hydrogens is 298 g/mol. The normalized spacial score (nSPS) is 18.7. The van der Waals surface area contributed by atoms with Crippen molar-refractivity contribution in [3.8, 4) is 0 Å².